The quantitative estimate of drug-likeness (QED) is 0.236. The van der Waals surface area contributed by atoms with E-state index in [-0.39, 0.29) is 24.4 Å². The zero-order valence-electron chi connectivity index (χ0n) is 22.9. The lowest BCUT2D eigenvalue weighted by atomic mass is 9.96. The molecule has 1 aliphatic heterocycles. The molecule has 1 amide bonds. The monoisotopic (exact) mass is 573 g/mol. The molecule has 9 heteroatoms. The fourth-order valence-corrected chi connectivity index (χ4v) is 5.95. The maximum Gasteiger partial charge on any atom is 0.226 e. The Labute approximate surface area is 245 Å². The Morgan fingerprint density at radius 1 is 1.10 bits per heavy atom. The summed E-state index contributed by atoms with van der Waals surface area (Å²) in [6, 6.07) is 21.1. The number of aromatic nitrogens is 2. The Hall–Kier alpha value is -3.88. The molecule has 1 fully saturated rings. The first-order valence-electron chi connectivity index (χ1n) is 13.1. The van der Waals surface area contributed by atoms with E-state index in [1.807, 2.05) is 67.6 Å². The van der Waals surface area contributed by atoms with Crippen molar-refractivity contribution in [3.8, 4) is 11.4 Å². The fraction of sp³-hybridized carbons (Fsp3) is 0.258. The van der Waals surface area contributed by atoms with Crippen LogP contribution in [-0.4, -0.2) is 39.1 Å². The molecule has 3 heterocycles. The van der Waals surface area contributed by atoms with Gasteiger partial charge in [0.15, 0.2) is 5.11 Å². The van der Waals surface area contributed by atoms with Crippen molar-refractivity contribution >= 4 is 40.5 Å². The third-order valence-corrected chi connectivity index (χ3v) is 7.84. The van der Waals surface area contributed by atoms with Gasteiger partial charge in [0.05, 0.1) is 30.6 Å². The number of thiocarbonyl (C=S) groups is 1. The number of ether oxygens (including phenoxy) is 1. The highest BCUT2D eigenvalue weighted by molar-refractivity contribution is 7.80. The zero-order chi connectivity index (χ0) is 28.4. The van der Waals surface area contributed by atoms with Crippen molar-refractivity contribution in [1.82, 2.24) is 19.8 Å². The number of hydrogen-bond acceptors (Lipinski definition) is 4. The van der Waals surface area contributed by atoms with Gasteiger partial charge in [-0.3, -0.25) is 9.78 Å². The topological polar surface area (TPSA) is 71.4 Å². The highest BCUT2D eigenvalue weighted by Gasteiger charge is 2.41. The number of carbonyl (C=O) groups is 1. The molecule has 7 nitrogen and oxygen atoms in total. The van der Waals surface area contributed by atoms with Gasteiger partial charge in [-0.05, 0) is 92.6 Å². The van der Waals surface area contributed by atoms with E-state index in [4.69, 9.17) is 28.6 Å². The minimum atomic E-state index is -0.191. The average molecular weight is 574 g/mol. The highest BCUT2D eigenvalue weighted by Crippen LogP contribution is 2.42. The number of carbonyl (C=O) groups excluding carboxylic acids is 1. The van der Waals surface area contributed by atoms with Crippen LogP contribution in [0.5, 0.6) is 5.75 Å². The van der Waals surface area contributed by atoms with Crippen molar-refractivity contribution in [3.63, 3.8) is 0 Å². The number of aryl methyl sites for hydroxylation is 2. The molecule has 0 unspecified atom stereocenters. The van der Waals surface area contributed by atoms with E-state index in [9.17, 15) is 4.79 Å². The van der Waals surface area contributed by atoms with Gasteiger partial charge in [-0.15, -0.1) is 0 Å². The number of halogens is 1. The standard InChI is InChI=1S/C31H32ClN5O2S/c1-19-8-7-9-23(16-19)34-28(38)13-15-36-30(29(35-31(36)40)25-10-5-6-14-33-25)24-17-20(2)37(21(24)3)26-18-22(32)11-12-27(26)39-4/h5-12,14,16-18,29-30H,13,15H2,1-4H3,(H,34,38)(H,35,40)/t29-,30+/m1/s1. The molecule has 0 aliphatic carbocycles. The number of benzene rings is 2. The molecule has 40 heavy (non-hydrogen) atoms. The Kier molecular flexibility index (Phi) is 8.09. The smallest absolute Gasteiger partial charge is 0.226 e. The van der Waals surface area contributed by atoms with Gasteiger partial charge in [-0.25, -0.2) is 0 Å². The zero-order valence-corrected chi connectivity index (χ0v) is 24.5. The molecule has 2 aromatic carbocycles. The second kappa shape index (κ2) is 11.7. The van der Waals surface area contributed by atoms with Gasteiger partial charge in [0.2, 0.25) is 5.91 Å². The molecule has 0 saturated carbocycles. The number of hydrogen-bond donors (Lipinski definition) is 2. The second-order valence-electron chi connectivity index (χ2n) is 9.97. The number of nitrogens with one attached hydrogen (secondary N) is 2. The highest BCUT2D eigenvalue weighted by atomic mass is 35.5. The average Bonchev–Trinajstić information content (AvgIpc) is 3.42. The van der Waals surface area contributed by atoms with Gasteiger partial charge in [0.25, 0.3) is 0 Å². The lowest BCUT2D eigenvalue weighted by Gasteiger charge is -2.28. The van der Waals surface area contributed by atoms with Gasteiger partial charge >= 0.3 is 0 Å². The van der Waals surface area contributed by atoms with Crippen LogP contribution in [0.3, 0.4) is 0 Å². The van der Waals surface area contributed by atoms with Crippen LogP contribution in [0.15, 0.2) is 72.9 Å². The van der Waals surface area contributed by atoms with E-state index < -0.39 is 0 Å². The summed E-state index contributed by atoms with van der Waals surface area (Å²) < 4.78 is 7.82. The first-order chi connectivity index (χ1) is 19.3. The van der Waals surface area contributed by atoms with Crippen LogP contribution in [0.4, 0.5) is 5.69 Å². The predicted octanol–water partition coefficient (Wildman–Crippen LogP) is 6.46. The lowest BCUT2D eigenvalue weighted by molar-refractivity contribution is -0.116. The molecule has 1 aliphatic rings. The van der Waals surface area contributed by atoms with Crippen LogP contribution >= 0.6 is 23.8 Å². The summed E-state index contributed by atoms with van der Waals surface area (Å²) in [7, 11) is 1.65. The van der Waals surface area contributed by atoms with E-state index in [0.717, 1.165) is 45.3 Å². The van der Waals surface area contributed by atoms with E-state index in [2.05, 4.69) is 45.0 Å². The van der Waals surface area contributed by atoms with Gasteiger partial charge < -0.3 is 24.8 Å². The normalized spacial score (nSPS) is 16.6. The van der Waals surface area contributed by atoms with Crippen molar-refractivity contribution in [3.05, 3.63) is 106 Å². The molecule has 5 rings (SSSR count). The number of methoxy groups -OCH3 is 1. The summed E-state index contributed by atoms with van der Waals surface area (Å²) >= 11 is 12.2. The van der Waals surface area contributed by atoms with Gasteiger partial charge in [0.1, 0.15) is 5.75 Å². The van der Waals surface area contributed by atoms with Crippen LogP contribution < -0.4 is 15.4 Å². The van der Waals surface area contributed by atoms with Crippen LogP contribution in [0.2, 0.25) is 5.02 Å². The molecule has 0 bridgehead atoms. The first kappa shape index (κ1) is 27.7. The van der Waals surface area contributed by atoms with E-state index >= 15 is 0 Å². The number of rotatable bonds is 8. The minimum Gasteiger partial charge on any atom is -0.495 e. The van der Waals surface area contributed by atoms with Gasteiger partial charge in [-0.2, -0.15) is 0 Å². The molecule has 4 aromatic rings. The van der Waals surface area contributed by atoms with E-state index in [1.165, 1.54) is 0 Å². The summed E-state index contributed by atoms with van der Waals surface area (Å²) in [6.07, 6.45) is 2.07. The maximum absolute atomic E-state index is 13.0. The minimum absolute atomic E-state index is 0.0671. The summed E-state index contributed by atoms with van der Waals surface area (Å²) in [5.41, 5.74) is 6.77. The SMILES string of the molecule is COc1ccc(Cl)cc1-n1c(C)cc([C@H]2[C@@H](c3ccccn3)NC(=S)N2CCC(=O)Nc2cccc(C)c2)c1C. The fourth-order valence-electron chi connectivity index (χ4n) is 5.45. The third kappa shape index (κ3) is 5.55. The first-order valence-corrected chi connectivity index (χ1v) is 13.9. The van der Waals surface area contributed by atoms with Crippen molar-refractivity contribution in [2.24, 2.45) is 0 Å². The molecule has 206 valence electrons. The third-order valence-electron chi connectivity index (χ3n) is 7.25. The maximum atomic E-state index is 13.0. The Morgan fingerprint density at radius 2 is 1.93 bits per heavy atom. The number of anilines is 1. The van der Waals surface area contributed by atoms with Crippen molar-refractivity contribution in [2.45, 2.75) is 39.3 Å². The number of nitrogens with zero attached hydrogens (tertiary/aromatic N) is 3. The Bertz CT molecular complexity index is 1550. The van der Waals surface area contributed by atoms with Crippen molar-refractivity contribution in [1.29, 1.82) is 0 Å². The van der Waals surface area contributed by atoms with Crippen LogP contribution in [0, 0.1) is 20.8 Å². The van der Waals surface area contributed by atoms with E-state index in [1.54, 1.807) is 13.3 Å². The molecule has 0 spiro atoms. The molecule has 2 atom stereocenters. The van der Waals surface area contributed by atoms with Crippen LogP contribution in [0.1, 0.15) is 46.7 Å². The molecular formula is C31H32ClN5O2S. The number of amides is 1. The van der Waals surface area contributed by atoms with Crippen molar-refractivity contribution in [2.75, 3.05) is 19.0 Å². The number of pyridine rings is 1. The predicted molar refractivity (Wildman–Crippen MR) is 163 cm³/mol. The Balaban J connectivity index is 1.50. The van der Waals surface area contributed by atoms with Crippen molar-refractivity contribution < 1.29 is 9.53 Å². The van der Waals surface area contributed by atoms with Gasteiger partial charge in [-0.1, -0.05) is 29.8 Å². The van der Waals surface area contributed by atoms with Gasteiger partial charge in [0, 0.05) is 41.3 Å². The summed E-state index contributed by atoms with van der Waals surface area (Å²) in [5, 5.41) is 7.71. The largest absolute Gasteiger partial charge is 0.495 e. The van der Waals surface area contributed by atoms with E-state index in [0.29, 0.717) is 16.7 Å². The lowest BCUT2D eigenvalue weighted by Crippen LogP contribution is -2.32. The molecular weight excluding hydrogens is 542 g/mol. The summed E-state index contributed by atoms with van der Waals surface area (Å²) in [5.74, 6) is 0.659. The summed E-state index contributed by atoms with van der Waals surface area (Å²) in [6.45, 7) is 6.60. The molecule has 2 aromatic heterocycles. The Morgan fingerprint density at radius 3 is 2.65 bits per heavy atom. The molecule has 1 saturated heterocycles. The van der Waals surface area contributed by atoms with Crippen LogP contribution in [-0.2, 0) is 4.79 Å². The molecule has 2 N–H and O–H groups in total. The summed E-state index contributed by atoms with van der Waals surface area (Å²) in [4.78, 5) is 19.7. The second-order valence-corrected chi connectivity index (χ2v) is 10.8. The van der Waals surface area contributed by atoms with Crippen LogP contribution in [0.25, 0.3) is 5.69 Å². The molecule has 0 radical (unpaired) electrons.